The van der Waals surface area contributed by atoms with Crippen molar-refractivity contribution >= 4 is 28.9 Å². The third-order valence-corrected chi connectivity index (χ3v) is 5.45. The fourth-order valence-corrected chi connectivity index (χ4v) is 3.92. The summed E-state index contributed by atoms with van der Waals surface area (Å²) < 4.78 is 4.83. The van der Waals surface area contributed by atoms with Crippen molar-refractivity contribution < 1.29 is 14.3 Å². The lowest BCUT2D eigenvalue weighted by Crippen LogP contribution is -2.37. The Morgan fingerprint density at radius 2 is 1.92 bits per heavy atom. The molecule has 1 fully saturated rings. The van der Waals surface area contributed by atoms with E-state index in [-0.39, 0.29) is 17.8 Å². The number of carbonyl (C=O) groups excluding carboxylic acids is 2. The Labute approximate surface area is 151 Å². The van der Waals surface area contributed by atoms with Crippen molar-refractivity contribution in [3.63, 3.8) is 0 Å². The molecule has 25 heavy (non-hydrogen) atoms. The van der Waals surface area contributed by atoms with Gasteiger partial charge in [-0.1, -0.05) is 18.2 Å². The number of esters is 1. The minimum atomic E-state index is -0.276. The predicted molar refractivity (Wildman–Crippen MR) is 98.7 cm³/mol. The van der Waals surface area contributed by atoms with Crippen molar-refractivity contribution in [1.82, 2.24) is 4.90 Å². The molecule has 5 nitrogen and oxygen atoms in total. The van der Waals surface area contributed by atoms with Gasteiger partial charge in [0.25, 0.3) is 0 Å². The number of anilines is 1. The molecule has 0 unspecified atom stereocenters. The highest BCUT2D eigenvalue weighted by Gasteiger charge is 2.26. The van der Waals surface area contributed by atoms with Crippen LogP contribution in [0.15, 0.2) is 41.8 Å². The highest BCUT2D eigenvalue weighted by Crippen LogP contribution is 2.24. The number of ether oxygens (including phenoxy) is 1. The number of nitrogens with one attached hydrogen (secondary N) is 1. The third kappa shape index (κ3) is 4.46. The smallest absolute Gasteiger partial charge is 0.348 e. The van der Waals surface area contributed by atoms with Gasteiger partial charge in [-0.25, -0.2) is 4.79 Å². The monoisotopic (exact) mass is 358 g/mol. The van der Waals surface area contributed by atoms with E-state index in [0.717, 1.165) is 43.7 Å². The van der Waals surface area contributed by atoms with Crippen molar-refractivity contribution in [3.8, 4) is 0 Å². The van der Waals surface area contributed by atoms with Crippen LogP contribution >= 0.6 is 11.3 Å². The van der Waals surface area contributed by atoms with Gasteiger partial charge in [0.05, 0.1) is 7.11 Å². The van der Waals surface area contributed by atoms with E-state index in [4.69, 9.17) is 4.74 Å². The average Bonchev–Trinajstić information content (AvgIpc) is 3.10. The highest BCUT2D eigenvalue weighted by molar-refractivity contribution is 7.12. The van der Waals surface area contributed by atoms with E-state index in [1.54, 1.807) is 0 Å². The first-order valence-corrected chi connectivity index (χ1v) is 9.28. The number of amides is 1. The van der Waals surface area contributed by atoms with Crippen molar-refractivity contribution in [2.45, 2.75) is 19.4 Å². The quantitative estimate of drug-likeness (QED) is 0.833. The molecule has 1 saturated heterocycles. The molecule has 1 aliphatic rings. The molecule has 2 aromatic rings. The Hall–Kier alpha value is -2.18. The number of methoxy groups -OCH3 is 1. The van der Waals surface area contributed by atoms with Gasteiger partial charge in [-0.05, 0) is 55.1 Å². The summed E-state index contributed by atoms with van der Waals surface area (Å²) in [5.41, 5.74) is 1.85. The van der Waals surface area contributed by atoms with Crippen LogP contribution in [0.1, 0.15) is 28.1 Å². The molecule has 0 bridgehead atoms. The number of nitrogens with zero attached hydrogens (tertiary/aromatic N) is 1. The number of carbonyl (C=O) groups is 2. The summed E-state index contributed by atoms with van der Waals surface area (Å²) in [6.07, 6.45) is 1.66. The number of hydrogen-bond acceptors (Lipinski definition) is 5. The van der Waals surface area contributed by atoms with Crippen LogP contribution in [0.3, 0.4) is 0 Å². The van der Waals surface area contributed by atoms with E-state index in [0.29, 0.717) is 4.88 Å². The van der Waals surface area contributed by atoms with E-state index in [1.165, 1.54) is 18.4 Å². The first-order chi connectivity index (χ1) is 12.2. The molecule has 1 N–H and O–H groups in total. The normalized spacial score (nSPS) is 15.7. The van der Waals surface area contributed by atoms with Gasteiger partial charge in [-0.2, -0.15) is 0 Å². The van der Waals surface area contributed by atoms with Crippen molar-refractivity contribution in [1.29, 1.82) is 0 Å². The molecule has 0 spiro atoms. The summed E-state index contributed by atoms with van der Waals surface area (Å²) in [6.45, 7) is 2.42. The zero-order valence-corrected chi connectivity index (χ0v) is 15.1. The third-order valence-electron chi connectivity index (χ3n) is 4.51. The lowest BCUT2D eigenvalue weighted by Gasteiger charge is -2.31. The van der Waals surface area contributed by atoms with Crippen LogP contribution < -0.4 is 5.32 Å². The zero-order chi connectivity index (χ0) is 17.6. The molecule has 0 aliphatic carbocycles. The van der Waals surface area contributed by atoms with Gasteiger partial charge < -0.3 is 10.1 Å². The van der Waals surface area contributed by atoms with Crippen LogP contribution in [0.25, 0.3) is 0 Å². The molecule has 0 saturated carbocycles. The molecular weight excluding hydrogens is 336 g/mol. The van der Waals surface area contributed by atoms with Gasteiger partial charge in [-0.3, -0.25) is 9.69 Å². The maximum Gasteiger partial charge on any atom is 0.348 e. The van der Waals surface area contributed by atoms with Crippen molar-refractivity contribution in [3.05, 3.63) is 52.2 Å². The van der Waals surface area contributed by atoms with Gasteiger partial charge in [-0.15, -0.1) is 11.3 Å². The number of piperidine rings is 1. The molecule has 132 valence electrons. The molecule has 1 aromatic carbocycles. The van der Waals surface area contributed by atoms with E-state index < -0.39 is 0 Å². The van der Waals surface area contributed by atoms with Crippen LogP contribution in [0, 0.1) is 5.92 Å². The molecule has 0 atom stereocenters. The van der Waals surface area contributed by atoms with Gasteiger partial charge in [0, 0.05) is 18.2 Å². The second-order valence-corrected chi connectivity index (χ2v) is 7.09. The Morgan fingerprint density at radius 1 is 1.20 bits per heavy atom. The number of benzene rings is 1. The predicted octanol–water partition coefficient (Wildman–Crippen LogP) is 3.39. The SMILES string of the molecule is COC(=O)c1sccc1CN1CCC(C(=O)Nc2ccccc2)CC1. The largest absolute Gasteiger partial charge is 0.465 e. The van der Waals surface area contributed by atoms with E-state index in [2.05, 4.69) is 10.2 Å². The Bertz CT molecular complexity index is 721. The van der Waals surface area contributed by atoms with E-state index in [9.17, 15) is 9.59 Å². The topological polar surface area (TPSA) is 58.6 Å². The summed E-state index contributed by atoms with van der Waals surface area (Å²) in [5.74, 6) is -0.141. The Kier molecular flexibility index (Phi) is 5.83. The lowest BCUT2D eigenvalue weighted by atomic mass is 9.95. The van der Waals surface area contributed by atoms with Gasteiger partial charge in [0.15, 0.2) is 0 Å². The van der Waals surface area contributed by atoms with Crippen LogP contribution in [0.5, 0.6) is 0 Å². The number of rotatable bonds is 5. The average molecular weight is 358 g/mol. The molecule has 2 heterocycles. The summed E-state index contributed by atoms with van der Waals surface area (Å²) in [7, 11) is 1.41. The fourth-order valence-electron chi connectivity index (χ4n) is 3.09. The van der Waals surface area contributed by atoms with Crippen LogP contribution in [-0.4, -0.2) is 37.0 Å². The fraction of sp³-hybridized carbons (Fsp3) is 0.368. The Morgan fingerprint density at radius 3 is 2.60 bits per heavy atom. The zero-order valence-electron chi connectivity index (χ0n) is 14.2. The summed E-state index contributed by atoms with van der Waals surface area (Å²) in [6, 6.07) is 11.5. The molecule has 1 amide bonds. The summed E-state index contributed by atoms with van der Waals surface area (Å²) in [5, 5.41) is 4.91. The number of likely N-dealkylation sites (tertiary alicyclic amines) is 1. The Balaban J connectivity index is 1.51. The first kappa shape index (κ1) is 17.6. The molecule has 0 radical (unpaired) electrons. The van der Waals surface area contributed by atoms with Crippen LogP contribution in [0.2, 0.25) is 0 Å². The number of hydrogen-bond donors (Lipinski definition) is 1. The van der Waals surface area contributed by atoms with Crippen molar-refractivity contribution in [2.75, 3.05) is 25.5 Å². The lowest BCUT2D eigenvalue weighted by molar-refractivity contribution is -0.121. The van der Waals surface area contributed by atoms with Gasteiger partial charge in [0.1, 0.15) is 4.88 Å². The first-order valence-electron chi connectivity index (χ1n) is 8.40. The molecule has 3 rings (SSSR count). The molecule has 1 aromatic heterocycles. The molecule has 1 aliphatic heterocycles. The van der Waals surface area contributed by atoms with Crippen molar-refractivity contribution in [2.24, 2.45) is 5.92 Å². The maximum absolute atomic E-state index is 12.4. The minimum absolute atomic E-state index is 0.0407. The van der Waals surface area contributed by atoms with Crippen LogP contribution in [0.4, 0.5) is 5.69 Å². The summed E-state index contributed by atoms with van der Waals surface area (Å²) in [4.78, 5) is 27.1. The van der Waals surface area contributed by atoms with E-state index >= 15 is 0 Å². The number of thiophene rings is 1. The minimum Gasteiger partial charge on any atom is -0.465 e. The highest BCUT2D eigenvalue weighted by atomic mass is 32.1. The standard InChI is InChI=1S/C19H22N2O3S/c1-24-19(23)17-15(9-12-25-17)13-21-10-7-14(8-11-21)18(22)20-16-5-3-2-4-6-16/h2-6,9,12,14H,7-8,10-11,13H2,1H3,(H,20,22). The van der Waals surface area contributed by atoms with Crippen LogP contribution in [-0.2, 0) is 16.1 Å². The van der Waals surface area contributed by atoms with Gasteiger partial charge in [0.2, 0.25) is 5.91 Å². The maximum atomic E-state index is 12.4. The molecular formula is C19H22N2O3S. The van der Waals surface area contributed by atoms with E-state index in [1.807, 2.05) is 41.8 Å². The second kappa shape index (κ2) is 8.27. The van der Waals surface area contributed by atoms with Gasteiger partial charge >= 0.3 is 5.97 Å². The molecule has 6 heteroatoms. The number of para-hydroxylation sites is 1. The summed E-state index contributed by atoms with van der Waals surface area (Å²) >= 11 is 1.41. The second-order valence-electron chi connectivity index (χ2n) is 6.17.